The number of hydrogen-bond donors (Lipinski definition) is 2. The number of carbonyl (C=O) groups excluding carboxylic acids is 2. The number of phenols is 1. The van der Waals surface area contributed by atoms with Crippen LogP contribution in [0.25, 0.3) is 11.8 Å². The van der Waals surface area contributed by atoms with E-state index >= 15 is 0 Å². The zero-order valence-electron chi connectivity index (χ0n) is 15.8. The average molecular weight is 438 g/mol. The van der Waals surface area contributed by atoms with Gasteiger partial charge in [-0.3, -0.25) is 19.8 Å². The van der Waals surface area contributed by atoms with Gasteiger partial charge in [0.1, 0.15) is 11.3 Å². The van der Waals surface area contributed by atoms with Gasteiger partial charge in [-0.25, -0.2) is 0 Å². The number of aromatic nitrogens is 1. The molecule has 0 saturated carbocycles. The molecule has 150 valence electrons. The Hall–Kier alpha value is -3.42. The van der Waals surface area contributed by atoms with Crippen LogP contribution in [0.4, 0.5) is 5.69 Å². The molecule has 2 amide bonds. The van der Waals surface area contributed by atoms with Crippen LogP contribution in [-0.4, -0.2) is 26.6 Å². The van der Waals surface area contributed by atoms with Crippen molar-refractivity contribution in [2.24, 2.45) is 0 Å². The molecule has 2 heterocycles. The predicted molar refractivity (Wildman–Crippen MR) is 120 cm³/mol. The van der Waals surface area contributed by atoms with Crippen LogP contribution in [0.1, 0.15) is 11.3 Å². The SMILES string of the molecule is Cc1c(Cl)cccc1N1C(=O)/C(=C\c2cccn2-c2ccc(O)cc2)C(=O)NC1=S. The molecular weight excluding hydrogens is 422 g/mol. The highest BCUT2D eigenvalue weighted by atomic mass is 35.5. The molecule has 8 heteroatoms. The molecule has 0 spiro atoms. The van der Waals surface area contributed by atoms with E-state index in [1.54, 1.807) is 72.3 Å². The van der Waals surface area contributed by atoms with Crippen LogP contribution in [-0.2, 0) is 9.59 Å². The molecule has 3 aromatic rings. The second-order valence-corrected chi connectivity index (χ2v) is 7.46. The smallest absolute Gasteiger partial charge is 0.270 e. The average Bonchev–Trinajstić information content (AvgIpc) is 3.17. The number of phenolic OH excluding ortho intramolecular Hbond substituents is 1. The largest absolute Gasteiger partial charge is 0.508 e. The van der Waals surface area contributed by atoms with Crippen molar-refractivity contribution in [3.63, 3.8) is 0 Å². The zero-order chi connectivity index (χ0) is 21.4. The first-order valence-electron chi connectivity index (χ1n) is 9.00. The van der Waals surface area contributed by atoms with Crippen molar-refractivity contribution in [1.29, 1.82) is 0 Å². The molecule has 0 unspecified atom stereocenters. The second-order valence-electron chi connectivity index (χ2n) is 6.66. The number of rotatable bonds is 3. The second kappa shape index (κ2) is 7.78. The van der Waals surface area contributed by atoms with Gasteiger partial charge in [0.15, 0.2) is 5.11 Å². The Bertz CT molecular complexity index is 1210. The Morgan fingerprint density at radius 3 is 2.53 bits per heavy atom. The van der Waals surface area contributed by atoms with Crippen LogP contribution in [0.3, 0.4) is 0 Å². The Balaban J connectivity index is 1.77. The molecule has 1 aromatic heterocycles. The minimum atomic E-state index is -0.570. The van der Waals surface area contributed by atoms with E-state index in [0.717, 1.165) is 5.69 Å². The Morgan fingerprint density at radius 1 is 1.07 bits per heavy atom. The summed E-state index contributed by atoms with van der Waals surface area (Å²) >= 11 is 11.5. The first kappa shape index (κ1) is 19.9. The van der Waals surface area contributed by atoms with Crippen LogP contribution in [0, 0.1) is 6.92 Å². The van der Waals surface area contributed by atoms with Crippen molar-refractivity contribution in [3.8, 4) is 11.4 Å². The third-order valence-electron chi connectivity index (χ3n) is 4.78. The fourth-order valence-electron chi connectivity index (χ4n) is 3.22. The lowest BCUT2D eigenvalue weighted by molar-refractivity contribution is -0.122. The first-order chi connectivity index (χ1) is 14.4. The number of amides is 2. The maximum absolute atomic E-state index is 13.3. The molecule has 0 atom stereocenters. The van der Waals surface area contributed by atoms with Gasteiger partial charge in [0.2, 0.25) is 0 Å². The van der Waals surface area contributed by atoms with Crippen molar-refractivity contribution in [2.75, 3.05) is 4.90 Å². The van der Waals surface area contributed by atoms with Gasteiger partial charge in [0.25, 0.3) is 11.8 Å². The van der Waals surface area contributed by atoms with Crippen LogP contribution in [0.5, 0.6) is 5.75 Å². The van der Waals surface area contributed by atoms with Gasteiger partial charge < -0.3 is 9.67 Å². The molecule has 4 rings (SSSR count). The van der Waals surface area contributed by atoms with Crippen molar-refractivity contribution < 1.29 is 14.7 Å². The van der Waals surface area contributed by atoms with Gasteiger partial charge in [0, 0.05) is 22.6 Å². The summed E-state index contributed by atoms with van der Waals surface area (Å²) < 4.78 is 1.80. The van der Waals surface area contributed by atoms with E-state index in [-0.39, 0.29) is 16.4 Å². The van der Waals surface area contributed by atoms with Gasteiger partial charge in [-0.1, -0.05) is 17.7 Å². The molecule has 0 radical (unpaired) electrons. The predicted octanol–water partition coefficient (Wildman–Crippen LogP) is 3.98. The van der Waals surface area contributed by atoms with Crippen LogP contribution in [0.15, 0.2) is 66.4 Å². The normalized spacial score (nSPS) is 15.6. The lowest BCUT2D eigenvalue weighted by Gasteiger charge is -2.30. The number of halogens is 1. The van der Waals surface area contributed by atoms with Crippen molar-refractivity contribution in [2.45, 2.75) is 6.92 Å². The molecule has 2 N–H and O–H groups in total. The highest BCUT2D eigenvalue weighted by molar-refractivity contribution is 7.80. The number of aromatic hydroxyl groups is 1. The quantitative estimate of drug-likeness (QED) is 0.369. The van der Waals surface area contributed by atoms with E-state index in [9.17, 15) is 14.7 Å². The summed E-state index contributed by atoms with van der Waals surface area (Å²) in [6.45, 7) is 1.78. The standard InChI is InChI=1S/C22H16ClN3O3S/c1-13-18(23)5-2-6-19(13)26-21(29)17(20(28)24-22(26)30)12-15-4-3-11-25(15)14-7-9-16(27)10-8-14/h2-12,27H,1H3,(H,24,28,30)/b17-12-. The number of nitrogens with one attached hydrogen (secondary N) is 1. The van der Waals surface area contributed by atoms with Gasteiger partial charge >= 0.3 is 0 Å². The van der Waals surface area contributed by atoms with Crippen molar-refractivity contribution in [1.82, 2.24) is 9.88 Å². The summed E-state index contributed by atoms with van der Waals surface area (Å²) in [7, 11) is 0. The van der Waals surface area contributed by atoms with E-state index in [1.165, 1.54) is 11.0 Å². The third-order valence-corrected chi connectivity index (χ3v) is 5.48. The summed E-state index contributed by atoms with van der Waals surface area (Å²) in [6, 6.07) is 15.3. The van der Waals surface area contributed by atoms with Crippen LogP contribution >= 0.6 is 23.8 Å². The number of carbonyl (C=O) groups is 2. The molecule has 6 nitrogen and oxygen atoms in total. The van der Waals surface area contributed by atoms with Crippen molar-refractivity contribution in [3.05, 3.63) is 82.6 Å². The summed E-state index contributed by atoms with van der Waals surface area (Å²) in [5.74, 6) is -0.958. The van der Waals surface area contributed by atoms with Gasteiger partial charge in [-0.05, 0) is 79.3 Å². The maximum atomic E-state index is 13.3. The molecule has 30 heavy (non-hydrogen) atoms. The topological polar surface area (TPSA) is 74.6 Å². The summed E-state index contributed by atoms with van der Waals surface area (Å²) in [5.41, 5.74) is 2.53. The highest BCUT2D eigenvalue weighted by Gasteiger charge is 2.35. The maximum Gasteiger partial charge on any atom is 0.270 e. The number of benzene rings is 2. The van der Waals surface area contributed by atoms with E-state index < -0.39 is 11.8 Å². The van der Waals surface area contributed by atoms with Gasteiger partial charge in [-0.15, -0.1) is 0 Å². The van der Waals surface area contributed by atoms with Gasteiger partial charge in [0.05, 0.1) is 5.69 Å². The molecule has 1 saturated heterocycles. The van der Waals surface area contributed by atoms with E-state index in [2.05, 4.69) is 5.32 Å². The molecule has 1 aliphatic heterocycles. The molecule has 0 aliphatic carbocycles. The molecule has 2 aromatic carbocycles. The molecule has 1 fully saturated rings. The lowest BCUT2D eigenvalue weighted by atomic mass is 10.1. The van der Waals surface area contributed by atoms with E-state index in [0.29, 0.717) is 22.0 Å². The Morgan fingerprint density at radius 2 is 1.80 bits per heavy atom. The summed E-state index contributed by atoms with van der Waals surface area (Å²) in [5, 5.41) is 12.6. The number of nitrogens with zero attached hydrogens (tertiary/aromatic N) is 2. The zero-order valence-corrected chi connectivity index (χ0v) is 17.4. The number of thiocarbonyl (C=S) groups is 1. The molecule has 0 bridgehead atoms. The molecule has 1 aliphatic rings. The fourth-order valence-corrected chi connectivity index (χ4v) is 3.67. The summed E-state index contributed by atoms with van der Waals surface area (Å²) in [6.07, 6.45) is 3.31. The lowest BCUT2D eigenvalue weighted by Crippen LogP contribution is -2.54. The number of anilines is 1. The monoisotopic (exact) mass is 437 g/mol. The number of hydrogen-bond acceptors (Lipinski definition) is 4. The summed E-state index contributed by atoms with van der Waals surface area (Å²) in [4.78, 5) is 27.1. The molecular formula is C22H16ClN3O3S. The minimum Gasteiger partial charge on any atom is -0.508 e. The van der Waals surface area contributed by atoms with Crippen molar-refractivity contribution >= 4 is 52.5 Å². The fraction of sp³-hybridized carbons (Fsp3) is 0.0455. The van der Waals surface area contributed by atoms with E-state index in [4.69, 9.17) is 23.8 Å². The third kappa shape index (κ3) is 3.49. The van der Waals surface area contributed by atoms with E-state index in [1.807, 2.05) is 0 Å². The minimum absolute atomic E-state index is 0.00133. The van der Waals surface area contributed by atoms with Gasteiger partial charge in [-0.2, -0.15) is 0 Å². The Kier molecular flexibility index (Phi) is 5.15. The van der Waals surface area contributed by atoms with Crippen LogP contribution < -0.4 is 10.2 Å². The highest BCUT2D eigenvalue weighted by Crippen LogP contribution is 2.30. The van der Waals surface area contributed by atoms with Crippen LogP contribution in [0.2, 0.25) is 5.02 Å². The first-order valence-corrected chi connectivity index (χ1v) is 9.79. The Labute approximate surface area is 183 Å².